The van der Waals surface area contributed by atoms with E-state index >= 15 is 0 Å². The topological polar surface area (TPSA) is 41.9 Å². The highest BCUT2D eigenvalue weighted by Crippen LogP contribution is 2.31. The lowest BCUT2D eigenvalue weighted by Crippen LogP contribution is -2.49. The average Bonchev–Trinajstić information content (AvgIpc) is 2.53. The summed E-state index contributed by atoms with van der Waals surface area (Å²) in [6, 6.07) is 11.8. The Balaban J connectivity index is 1.73. The molecule has 2 unspecified atom stereocenters. The van der Waals surface area contributed by atoms with Crippen LogP contribution in [0.1, 0.15) is 0 Å². The molecule has 0 aromatic heterocycles. The molecule has 2 atom stereocenters. The molecule has 122 valence electrons. The number of alkyl halides is 1. The number of phenolic OH excluding ortho intramolecular Hbond substituents is 1. The predicted molar refractivity (Wildman–Crippen MR) is 91.9 cm³/mol. The number of morpholine rings is 1. The van der Waals surface area contributed by atoms with Crippen LogP contribution in [-0.4, -0.2) is 30.0 Å². The Bertz CT molecular complexity index is 681. The van der Waals surface area contributed by atoms with Gasteiger partial charge in [0.2, 0.25) is 6.29 Å². The number of nitrogens with zero attached hydrogens (tertiary/aromatic N) is 1. The molecule has 4 nitrogen and oxygen atoms in total. The van der Waals surface area contributed by atoms with E-state index < -0.39 is 6.29 Å². The molecule has 1 fully saturated rings. The van der Waals surface area contributed by atoms with Crippen molar-refractivity contribution in [1.29, 1.82) is 0 Å². The second-order valence-corrected chi connectivity index (χ2v) is 6.41. The molecule has 7 heteroatoms. The van der Waals surface area contributed by atoms with Crippen molar-refractivity contribution < 1.29 is 14.6 Å². The van der Waals surface area contributed by atoms with E-state index in [9.17, 15) is 5.11 Å². The third kappa shape index (κ3) is 3.96. The summed E-state index contributed by atoms with van der Waals surface area (Å²) < 4.78 is 11.4. The van der Waals surface area contributed by atoms with E-state index in [1.807, 2.05) is 4.90 Å². The lowest BCUT2D eigenvalue weighted by molar-refractivity contribution is -0.0905. The van der Waals surface area contributed by atoms with Gasteiger partial charge in [-0.05, 0) is 42.5 Å². The molecule has 0 saturated carbocycles. The van der Waals surface area contributed by atoms with E-state index in [1.54, 1.807) is 42.5 Å². The summed E-state index contributed by atoms with van der Waals surface area (Å²) in [7, 11) is 0. The quantitative estimate of drug-likeness (QED) is 0.634. The van der Waals surface area contributed by atoms with Crippen molar-refractivity contribution in [2.45, 2.75) is 11.8 Å². The number of rotatable bonds is 3. The molecule has 0 radical (unpaired) electrons. The molecule has 3 rings (SSSR count). The van der Waals surface area contributed by atoms with Gasteiger partial charge in [-0.3, -0.25) is 0 Å². The summed E-state index contributed by atoms with van der Waals surface area (Å²) in [4.78, 5) is 1.94. The van der Waals surface area contributed by atoms with Gasteiger partial charge in [0.15, 0.2) is 0 Å². The van der Waals surface area contributed by atoms with E-state index in [0.29, 0.717) is 28.9 Å². The second kappa shape index (κ2) is 7.05. The molecule has 0 aliphatic carbocycles. The minimum absolute atomic E-state index is 0.203. The highest BCUT2D eigenvalue weighted by Gasteiger charge is 2.29. The summed E-state index contributed by atoms with van der Waals surface area (Å²) >= 11 is 18.3. The van der Waals surface area contributed by atoms with Crippen molar-refractivity contribution in [2.24, 2.45) is 0 Å². The van der Waals surface area contributed by atoms with E-state index in [0.717, 1.165) is 5.69 Å². The first-order valence-corrected chi connectivity index (χ1v) is 8.15. The van der Waals surface area contributed by atoms with Crippen molar-refractivity contribution >= 4 is 40.5 Å². The highest BCUT2D eigenvalue weighted by atomic mass is 35.5. The summed E-state index contributed by atoms with van der Waals surface area (Å²) in [5.41, 5.74) is 0.557. The van der Waals surface area contributed by atoms with Gasteiger partial charge in [-0.1, -0.05) is 34.8 Å². The van der Waals surface area contributed by atoms with Crippen LogP contribution in [0.25, 0.3) is 0 Å². The smallest absolute Gasteiger partial charge is 0.217 e. The molecule has 0 spiro atoms. The van der Waals surface area contributed by atoms with Crippen LogP contribution in [0, 0.1) is 0 Å². The largest absolute Gasteiger partial charge is 0.508 e. The van der Waals surface area contributed by atoms with Crippen LogP contribution in [0.2, 0.25) is 10.0 Å². The minimum atomic E-state index is -0.516. The molecule has 2 aromatic rings. The Kier molecular flexibility index (Phi) is 5.07. The second-order valence-electron chi connectivity index (χ2n) is 5.06. The first-order valence-electron chi connectivity index (χ1n) is 6.96. The zero-order valence-electron chi connectivity index (χ0n) is 12.0. The number of phenols is 1. The van der Waals surface area contributed by atoms with Gasteiger partial charge in [0.25, 0.3) is 0 Å². The number of hydrogen-bond acceptors (Lipinski definition) is 4. The highest BCUT2D eigenvalue weighted by molar-refractivity contribution is 6.35. The molecule has 1 heterocycles. The van der Waals surface area contributed by atoms with Crippen LogP contribution in [0.15, 0.2) is 42.5 Å². The Morgan fingerprint density at radius 3 is 2.57 bits per heavy atom. The number of aromatic hydroxyl groups is 1. The molecule has 0 amide bonds. The average molecular weight is 375 g/mol. The zero-order valence-corrected chi connectivity index (χ0v) is 14.2. The fraction of sp³-hybridized carbons (Fsp3) is 0.250. The molecule has 2 aromatic carbocycles. The van der Waals surface area contributed by atoms with Gasteiger partial charge in [-0.2, -0.15) is 0 Å². The van der Waals surface area contributed by atoms with Gasteiger partial charge < -0.3 is 19.5 Å². The van der Waals surface area contributed by atoms with Gasteiger partial charge in [0.1, 0.15) is 17.0 Å². The summed E-state index contributed by atoms with van der Waals surface area (Å²) in [5.74, 6) is 0.702. The van der Waals surface area contributed by atoms with Crippen LogP contribution < -0.4 is 9.64 Å². The summed E-state index contributed by atoms with van der Waals surface area (Å²) in [6.45, 7) is 0.732. The van der Waals surface area contributed by atoms with Crippen molar-refractivity contribution in [3.8, 4) is 11.5 Å². The Morgan fingerprint density at radius 1 is 1.13 bits per heavy atom. The minimum Gasteiger partial charge on any atom is -0.508 e. The lowest BCUT2D eigenvalue weighted by Gasteiger charge is -2.38. The third-order valence-electron chi connectivity index (χ3n) is 3.44. The first-order chi connectivity index (χ1) is 11.0. The number of anilines is 1. The van der Waals surface area contributed by atoms with Gasteiger partial charge >= 0.3 is 0 Å². The first kappa shape index (κ1) is 16.5. The third-order valence-corrected chi connectivity index (χ3v) is 4.33. The Morgan fingerprint density at radius 2 is 1.87 bits per heavy atom. The number of benzene rings is 2. The van der Waals surface area contributed by atoms with Crippen molar-refractivity contribution in [2.75, 3.05) is 18.1 Å². The van der Waals surface area contributed by atoms with Gasteiger partial charge in [-0.25, -0.2) is 0 Å². The number of hydrogen-bond donors (Lipinski definition) is 1. The van der Waals surface area contributed by atoms with Crippen molar-refractivity contribution in [3.63, 3.8) is 0 Å². The van der Waals surface area contributed by atoms with Crippen molar-refractivity contribution in [1.82, 2.24) is 0 Å². The molecule has 1 aliphatic rings. The Hall–Kier alpha value is -1.33. The summed E-state index contributed by atoms with van der Waals surface area (Å²) in [5, 5.41) is 10.4. The standard InChI is InChI=1S/C16H14Cl3NO3/c17-10-1-6-14(13(18)7-10)23-16-8-20(15(19)9-22-16)11-2-4-12(21)5-3-11/h1-7,15-16,21H,8-9H2. The molecule has 23 heavy (non-hydrogen) atoms. The fourth-order valence-electron chi connectivity index (χ4n) is 2.30. The maximum atomic E-state index is 9.39. The van der Waals surface area contributed by atoms with E-state index in [1.165, 1.54) is 0 Å². The van der Waals surface area contributed by atoms with Gasteiger partial charge in [0.05, 0.1) is 18.2 Å². The van der Waals surface area contributed by atoms with Crippen LogP contribution in [0.5, 0.6) is 11.5 Å². The molecule has 0 bridgehead atoms. The maximum Gasteiger partial charge on any atom is 0.217 e. The lowest BCUT2D eigenvalue weighted by atomic mass is 10.2. The molecular formula is C16H14Cl3NO3. The molecule has 1 N–H and O–H groups in total. The predicted octanol–water partition coefficient (Wildman–Crippen LogP) is 4.51. The van der Waals surface area contributed by atoms with Crippen LogP contribution in [0.4, 0.5) is 5.69 Å². The molecule has 1 saturated heterocycles. The number of ether oxygens (including phenoxy) is 2. The van der Waals surface area contributed by atoms with Crippen LogP contribution in [-0.2, 0) is 4.74 Å². The van der Waals surface area contributed by atoms with E-state index in [4.69, 9.17) is 44.3 Å². The van der Waals surface area contributed by atoms with E-state index in [2.05, 4.69) is 0 Å². The maximum absolute atomic E-state index is 9.39. The van der Waals surface area contributed by atoms with E-state index in [-0.39, 0.29) is 11.3 Å². The van der Waals surface area contributed by atoms with Crippen molar-refractivity contribution in [3.05, 3.63) is 52.5 Å². The van der Waals surface area contributed by atoms with Crippen LogP contribution in [0.3, 0.4) is 0 Å². The van der Waals surface area contributed by atoms with Gasteiger partial charge in [-0.15, -0.1) is 0 Å². The van der Waals surface area contributed by atoms with Gasteiger partial charge in [0, 0.05) is 10.7 Å². The zero-order chi connectivity index (χ0) is 16.4. The SMILES string of the molecule is Oc1ccc(N2CC(Oc3ccc(Cl)cc3Cl)OCC2Cl)cc1. The summed E-state index contributed by atoms with van der Waals surface area (Å²) in [6.07, 6.45) is -0.516. The monoisotopic (exact) mass is 373 g/mol. The molecule has 1 aliphatic heterocycles. The normalized spacial score (nSPS) is 21.3. The Labute approximate surface area is 149 Å². The fourth-order valence-corrected chi connectivity index (χ4v) is 3.02. The van der Waals surface area contributed by atoms with Crippen LogP contribution >= 0.6 is 34.8 Å². The number of halogens is 3. The molecular weight excluding hydrogens is 361 g/mol.